The van der Waals surface area contributed by atoms with Gasteiger partial charge in [0.15, 0.2) is 0 Å². The molecule has 62 valence electrons. The van der Waals surface area contributed by atoms with Crippen molar-refractivity contribution in [3.63, 3.8) is 0 Å². The Balaban J connectivity index is 0.000000461. The molecule has 1 heterocycles. The molecule has 1 rings (SSSR count). The topological polar surface area (TPSA) is 37.8 Å². The van der Waals surface area contributed by atoms with Gasteiger partial charge in [0.05, 0.1) is 0 Å². The van der Waals surface area contributed by atoms with E-state index >= 15 is 0 Å². The number of rotatable bonds is 2. The largest absolute Gasteiger partial charge is 0.370 e. The van der Waals surface area contributed by atoms with Crippen LogP contribution in [0.25, 0.3) is 0 Å². The lowest BCUT2D eigenvalue weighted by atomic mass is 10.6. The molecule has 1 aromatic rings. The van der Waals surface area contributed by atoms with Crippen molar-refractivity contribution < 1.29 is 0 Å². The molecule has 0 aliphatic rings. The standard InChI is InChI=1S/C6H9N3.C2H6/c1-2-8-6-3-4-7-5-9-6;1-2/h3-5H,2H2,1H3,(H,7,8,9);1-2H3. The Morgan fingerprint density at radius 3 is 2.64 bits per heavy atom. The van der Waals surface area contributed by atoms with E-state index in [1.807, 2.05) is 26.8 Å². The second-order valence-electron chi connectivity index (χ2n) is 1.62. The maximum atomic E-state index is 3.95. The van der Waals surface area contributed by atoms with Crippen LogP contribution in [-0.4, -0.2) is 16.5 Å². The predicted molar refractivity (Wildman–Crippen MR) is 47.5 cm³/mol. The molecule has 11 heavy (non-hydrogen) atoms. The molecule has 1 N–H and O–H groups in total. The van der Waals surface area contributed by atoms with Crippen molar-refractivity contribution in [2.45, 2.75) is 20.8 Å². The molecule has 1 aromatic heterocycles. The van der Waals surface area contributed by atoms with Crippen molar-refractivity contribution in [2.24, 2.45) is 0 Å². The number of hydrogen-bond acceptors (Lipinski definition) is 3. The summed E-state index contributed by atoms with van der Waals surface area (Å²) in [5, 5.41) is 3.06. The zero-order valence-corrected chi connectivity index (χ0v) is 7.33. The molecule has 0 atom stereocenters. The van der Waals surface area contributed by atoms with Gasteiger partial charge in [-0.05, 0) is 13.0 Å². The van der Waals surface area contributed by atoms with Crippen molar-refractivity contribution in [3.8, 4) is 0 Å². The first-order valence-corrected chi connectivity index (χ1v) is 3.93. The first-order valence-electron chi connectivity index (χ1n) is 3.93. The minimum Gasteiger partial charge on any atom is -0.370 e. The summed E-state index contributed by atoms with van der Waals surface area (Å²) < 4.78 is 0. The van der Waals surface area contributed by atoms with Gasteiger partial charge < -0.3 is 5.32 Å². The Morgan fingerprint density at radius 1 is 1.45 bits per heavy atom. The van der Waals surface area contributed by atoms with E-state index in [4.69, 9.17) is 0 Å². The highest BCUT2D eigenvalue weighted by Gasteiger charge is 1.84. The van der Waals surface area contributed by atoms with E-state index < -0.39 is 0 Å². The Bertz CT molecular complexity index is 162. The second-order valence-corrected chi connectivity index (χ2v) is 1.62. The summed E-state index contributed by atoms with van der Waals surface area (Å²) in [6.45, 7) is 6.93. The monoisotopic (exact) mass is 153 g/mol. The summed E-state index contributed by atoms with van der Waals surface area (Å²) in [6, 6.07) is 1.84. The smallest absolute Gasteiger partial charge is 0.129 e. The molecule has 0 saturated carbocycles. The molecule has 0 aliphatic heterocycles. The van der Waals surface area contributed by atoms with Crippen LogP contribution in [0, 0.1) is 0 Å². The number of hydrogen-bond donors (Lipinski definition) is 1. The Hall–Kier alpha value is -1.12. The number of nitrogens with zero attached hydrogens (tertiary/aromatic N) is 2. The zero-order chi connectivity index (χ0) is 8.53. The van der Waals surface area contributed by atoms with E-state index in [0.29, 0.717) is 0 Å². The second kappa shape index (κ2) is 6.99. The van der Waals surface area contributed by atoms with Gasteiger partial charge in [0.25, 0.3) is 0 Å². The van der Waals surface area contributed by atoms with Gasteiger partial charge in [-0.3, -0.25) is 0 Å². The molecule has 0 spiro atoms. The van der Waals surface area contributed by atoms with Crippen LogP contribution < -0.4 is 5.32 Å². The van der Waals surface area contributed by atoms with Gasteiger partial charge in [0.1, 0.15) is 12.1 Å². The summed E-state index contributed by atoms with van der Waals surface area (Å²) in [5.74, 6) is 0.882. The molecule has 3 nitrogen and oxygen atoms in total. The molecule has 0 radical (unpaired) electrons. The van der Waals surface area contributed by atoms with Gasteiger partial charge in [-0.15, -0.1) is 0 Å². The summed E-state index contributed by atoms with van der Waals surface area (Å²) in [7, 11) is 0. The van der Waals surface area contributed by atoms with Gasteiger partial charge in [-0.1, -0.05) is 13.8 Å². The van der Waals surface area contributed by atoms with Gasteiger partial charge >= 0.3 is 0 Å². The molecular weight excluding hydrogens is 138 g/mol. The fourth-order valence-electron chi connectivity index (χ4n) is 0.576. The molecule has 0 saturated heterocycles. The Labute approximate surface area is 67.9 Å². The van der Waals surface area contributed by atoms with E-state index in [-0.39, 0.29) is 0 Å². The SMILES string of the molecule is CC.CCNc1ccncn1. The van der Waals surface area contributed by atoms with Crippen molar-refractivity contribution in [1.82, 2.24) is 9.97 Å². The first-order chi connectivity index (χ1) is 5.43. The number of aromatic nitrogens is 2. The molecule has 0 bridgehead atoms. The van der Waals surface area contributed by atoms with E-state index in [2.05, 4.69) is 15.3 Å². The molecule has 3 heteroatoms. The van der Waals surface area contributed by atoms with Gasteiger partial charge in [-0.25, -0.2) is 9.97 Å². The van der Waals surface area contributed by atoms with Crippen LogP contribution in [0.5, 0.6) is 0 Å². The molecule has 0 fully saturated rings. The van der Waals surface area contributed by atoms with Gasteiger partial charge in [0.2, 0.25) is 0 Å². The summed E-state index contributed by atoms with van der Waals surface area (Å²) in [5.41, 5.74) is 0. The van der Waals surface area contributed by atoms with E-state index in [9.17, 15) is 0 Å². The van der Waals surface area contributed by atoms with Crippen LogP contribution in [0.3, 0.4) is 0 Å². The van der Waals surface area contributed by atoms with Crippen LogP contribution in [0.1, 0.15) is 20.8 Å². The minimum absolute atomic E-state index is 0.882. The fourth-order valence-corrected chi connectivity index (χ4v) is 0.576. The third-order valence-corrected chi connectivity index (χ3v) is 0.940. The van der Waals surface area contributed by atoms with Crippen molar-refractivity contribution in [1.29, 1.82) is 0 Å². The lowest BCUT2D eigenvalue weighted by Gasteiger charge is -1.97. The lowest BCUT2D eigenvalue weighted by Crippen LogP contribution is -1.97. The lowest BCUT2D eigenvalue weighted by molar-refractivity contribution is 1.11. The minimum atomic E-state index is 0.882. The van der Waals surface area contributed by atoms with Crippen LogP contribution in [0.2, 0.25) is 0 Å². The third-order valence-electron chi connectivity index (χ3n) is 0.940. The first kappa shape index (κ1) is 9.88. The van der Waals surface area contributed by atoms with E-state index in [0.717, 1.165) is 12.4 Å². The van der Waals surface area contributed by atoms with E-state index in [1.165, 1.54) is 6.33 Å². The van der Waals surface area contributed by atoms with Crippen LogP contribution in [-0.2, 0) is 0 Å². The summed E-state index contributed by atoms with van der Waals surface area (Å²) in [4.78, 5) is 7.72. The van der Waals surface area contributed by atoms with Crippen molar-refractivity contribution in [3.05, 3.63) is 18.6 Å². The van der Waals surface area contributed by atoms with Crippen molar-refractivity contribution in [2.75, 3.05) is 11.9 Å². The van der Waals surface area contributed by atoms with Crippen LogP contribution in [0.15, 0.2) is 18.6 Å². The molecule has 0 unspecified atom stereocenters. The van der Waals surface area contributed by atoms with Crippen LogP contribution in [0.4, 0.5) is 5.82 Å². The Morgan fingerprint density at radius 2 is 2.18 bits per heavy atom. The third kappa shape index (κ3) is 4.31. The highest BCUT2D eigenvalue weighted by Crippen LogP contribution is 1.95. The maximum absolute atomic E-state index is 3.95. The fraction of sp³-hybridized carbons (Fsp3) is 0.500. The predicted octanol–water partition coefficient (Wildman–Crippen LogP) is 1.93. The normalized spacial score (nSPS) is 7.91. The average Bonchev–Trinajstić information content (AvgIpc) is 2.11. The highest BCUT2D eigenvalue weighted by atomic mass is 15.0. The average molecular weight is 153 g/mol. The quantitative estimate of drug-likeness (QED) is 0.705. The molecule has 0 aliphatic carbocycles. The Kier molecular flexibility index (Phi) is 6.28. The summed E-state index contributed by atoms with van der Waals surface area (Å²) in [6.07, 6.45) is 3.24. The van der Waals surface area contributed by atoms with Crippen LogP contribution >= 0.6 is 0 Å². The zero-order valence-electron chi connectivity index (χ0n) is 7.33. The van der Waals surface area contributed by atoms with E-state index in [1.54, 1.807) is 6.20 Å². The number of nitrogens with one attached hydrogen (secondary N) is 1. The molecule has 0 aromatic carbocycles. The summed E-state index contributed by atoms with van der Waals surface area (Å²) >= 11 is 0. The van der Waals surface area contributed by atoms with Gasteiger partial charge in [-0.2, -0.15) is 0 Å². The van der Waals surface area contributed by atoms with Gasteiger partial charge in [0, 0.05) is 12.7 Å². The molecular formula is C8H15N3. The van der Waals surface area contributed by atoms with Crippen molar-refractivity contribution >= 4 is 5.82 Å². The maximum Gasteiger partial charge on any atom is 0.129 e. The molecule has 0 amide bonds. The number of anilines is 1. The highest BCUT2D eigenvalue weighted by molar-refractivity contribution is 5.30.